The van der Waals surface area contributed by atoms with Crippen LogP contribution in [0.15, 0.2) is 35.5 Å². The van der Waals surface area contributed by atoms with Crippen molar-refractivity contribution in [2.75, 3.05) is 4.72 Å². The van der Waals surface area contributed by atoms with Gasteiger partial charge in [-0.15, -0.1) is 11.3 Å². The molecule has 100 valence electrons. The largest absolute Gasteiger partial charge is 0.477 e. The number of carbonyl (C=O) groups is 1. The molecule has 0 aliphatic carbocycles. The van der Waals surface area contributed by atoms with Crippen LogP contribution in [0.5, 0.6) is 0 Å². The molecular formula is C10H7FN2O4S2. The standard InChI is InChI=1S/C10H7FN2O4S2/c11-6-2-1-5-12-9(6)19(16,17)13-8-4-3-7(18-8)10(14)15/h1-5,13H,(H,14,15). The predicted molar refractivity (Wildman–Crippen MR) is 66.3 cm³/mol. The number of aromatic carboxylic acids is 1. The molecule has 0 fully saturated rings. The molecule has 9 heteroatoms. The van der Waals surface area contributed by atoms with E-state index in [-0.39, 0.29) is 9.88 Å². The number of halogens is 1. The number of pyridine rings is 1. The summed E-state index contributed by atoms with van der Waals surface area (Å²) >= 11 is 0.728. The topological polar surface area (TPSA) is 96.4 Å². The van der Waals surface area contributed by atoms with Gasteiger partial charge in [0.1, 0.15) is 9.88 Å². The summed E-state index contributed by atoms with van der Waals surface area (Å²) in [5, 5.41) is 8.05. The average Bonchev–Trinajstić information content (AvgIpc) is 2.77. The highest BCUT2D eigenvalue weighted by molar-refractivity contribution is 7.92. The van der Waals surface area contributed by atoms with Gasteiger partial charge in [0.25, 0.3) is 10.0 Å². The van der Waals surface area contributed by atoms with E-state index in [9.17, 15) is 17.6 Å². The number of nitrogens with one attached hydrogen (secondary N) is 1. The molecular weight excluding hydrogens is 295 g/mol. The van der Waals surface area contributed by atoms with Gasteiger partial charge < -0.3 is 5.11 Å². The molecule has 2 N–H and O–H groups in total. The third kappa shape index (κ3) is 2.88. The summed E-state index contributed by atoms with van der Waals surface area (Å²) in [7, 11) is -4.17. The number of nitrogens with zero attached hydrogens (tertiary/aromatic N) is 1. The zero-order valence-electron chi connectivity index (χ0n) is 9.20. The minimum absolute atomic E-state index is 0.0285. The maximum Gasteiger partial charge on any atom is 0.345 e. The second-order valence-corrected chi connectivity index (χ2v) is 6.05. The van der Waals surface area contributed by atoms with Crippen LogP contribution in [0.25, 0.3) is 0 Å². The van der Waals surface area contributed by atoms with Gasteiger partial charge in [-0.1, -0.05) is 0 Å². The van der Waals surface area contributed by atoms with Gasteiger partial charge >= 0.3 is 5.97 Å². The molecule has 2 heterocycles. The quantitative estimate of drug-likeness (QED) is 0.897. The first-order valence-corrected chi connectivity index (χ1v) is 7.16. The van der Waals surface area contributed by atoms with Crippen LogP contribution in [0.3, 0.4) is 0 Å². The molecule has 0 saturated carbocycles. The Morgan fingerprint density at radius 3 is 2.68 bits per heavy atom. The molecule has 0 atom stereocenters. The van der Waals surface area contributed by atoms with E-state index >= 15 is 0 Å². The van der Waals surface area contributed by atoms with Gasteiger partial charge in [-0.3, -0.25) is 4.72 Å². The first kappa shape index (κ1) is 13.4. The number of hydrogen-bond donors (Lipinski definition) is 2. The fourth-order valence-electron chi connectivity index (χ4n) is 1.26. The van der Waals surface area contributed by atoms with E-state index in [1.54, 1.807) is 0 Å². The van der Waals surface area contributed by atoms with Gasteiger partial charge in [-0.25, -0.2) is 14.2 Å². The summed E-state index contributed by atoms with van der Waals surface area (Å²) in [5.41, 5.74) is 0. The van der Waals surface area contributed by atoms with Crippen LogP contribution < -0.4 is 4.72 Å². The molecule has 0 amide bonds. The summed E-state index contributed by atoms with van der Waals surface area (Å²) in [4.78, 5) is 14.1. The van der Waals surface area contributed by atoms with Crippen molar-refractivity contribution in [1.29, 1.82) is 0 Å². The Balaban J connectivity index is 2.31. The average molecular weight is 302 g/mol. The van der Waals surface area contributed by atoms with Gasteiger partial charge in [0.05, 0.1) is 0 Å². The van der Waals surface area contributed by atoms with E-state index in [0.717, 1.165) is 23.6 Å². The Bertz CT molecular complexity index is 727. The van der Waals surface area contributed by atoms with Gasteiger partial charge in [-0.2, -0.15) is 8.42 Å². The van der Waals surface area contributed by atoms with Crippen LogP contribution in [0.4, 0.5) is 9.39 Å². The molecule has 0 saturated heterocycles. The molecule has 0 aromatic carbocycles. The highest BCUT2D eigenvalue weighted by Gasteiger charge is 2.21. The minimum Gasteiger partial charge on any atom is -0.477 e. The second-order valence-electron chi connectivity index (χ2n) is 3.36. The molecule has 0 radical (unpaired) electrons. The van der Waals surface area contributed by atoms with E-state index in [1.165, 1.54) is 18.2 Å². The minimum atomic E-state index is -4.17. The number of hydrogen-bond acceptors (Lipinski definition) is 5. The molecule has 0 bridgehead atoms. The number of sulfonamides is 1. The second kappa shape index (κ2) is 4.94. The summed E-state index contributed by atoms with van der Waals surface area (Å²) in [6.45, 7) is 0. The Labute approximate surface area is 111 Å². The number of carboxylic acids is 1. The van der Waals surface area contributed by atoms with Gasteiger partial charge in [0.15, 0.2) is 5.82 Å². The maximum atomic E-state index is 13.3. The van der Waals surface area contributed by atoms with Crippen molar-refractivity contribution >= 4 is 32.3 Å². The normalized spacial score (nSPS) is 11.2. The molecule has 0 aliphatic rings. The van der Waals surface area contributed by atoms with Crippen molar-refractivity contribution in [3.05, 3.63) is 41.2 Å². The van der Waals surface area contributed by atoms with Crippen molar-refractivity contribution in [2.45, 2.75) is 5.03 Å². The lowest BCUT2D eigenvalue weighted by Gasteiger charge is -2.05. The lowest BCUT2D eigenvalue weighted by atomic mass is 10.5. The van der Waals surface area contributed by atoms with Gasteiger partial charge in [0, 0.05) is 6.20 Å². The molecule has 6 nitrogen and oxygen atoms in total. The predicted octanol–water partition coefficient (Wildman–Crippen LogP) is 1.78. The van der Waals surface area contributed by atoms with Crippen LogP contribution in [0.2, 0.25) is 0 Å². The first-order valence-electron chi connectivity index (χ1n) is 4.86. The van der Waals surface area contributed by atoms with Crippen LogP contribution in [0.1, 0.15) is 9.67 Å². The SMILES string of the molecule is O=C(O)c1ccc(NS(=O)(=O)c2ncccc2F)s1. The van der Waals surface area contributed by atoms with Crippen molar-refractivity contribution in [3.63, 3.8) is 0 Å². The molecule has 2 rings (SSSR count). The third-order valence-electron chi connectivity index (χ3n) is 2.03. The smallest absolute Gasteiger partial charge is 0.345 e. The van der Waals surface area contributed by atoms with E-state index in [0.29, 0.717) is 0 Å². The van der Waals surface area contributed by atoms with Crippen molar-refractivity contribution < 1.29 is 22.7 Å². The molecule has 0 spiro atoms. The Hall–Kier alpha value is -2.00. The third-order valence-corrected chi connectivity index (χ3v) is 4.45. The van der Waals surface area contributed by atoms with Crippen molar-refractivity contribution in [1.82, 2.24) is 4.98 Å². The van der Waals surface area contributed by atoms with E-state index in [2.05, 4.69) is 9.71 Å². The number of carboxylic acid groups (broad SMARTS) is 1. The van der Waals surface area contributed by atoms with Crippen LogP contribution in [-0.4, -0.2) is 24.5 Å². The summed E-state index contributed by atoms with van der Waals surface area (Å²) in [6.07, 6.45) is 1.15. The van der Waals surface area contributed by atoms with Crippen LogP contribution in [-0.2, 0) is 10.0 Å². The number of rotatable bonds is 4. The van der Waals surface area contributed by atoms with Crippen LogP contribution >= 0.6 is 11.3 Å². The molecule has 19 heavy (non-hydrogen) atoms. The van der Waals surface area contributed by atoms with Crippen molar-refractivity contribution in [3.8, 4) is 0 Å². The number of thiophene rings is 1. The molecule has 0 aliphatic heterocycles. The van der Waals surface area contributed by atoms with Crippen molar-refractivity contribution in [2.24, 2.45) is 0 Å². The number of anilines is 1. The fourth-order valence-corrected chi connectivity index (χ4v) is 3.30. The highest BCUT2D eigenvalue weighted by Crippen LogP contribution is 2.24. The Kier molecular flexibility index (Phi) is 3.49. The monoisotopic (exact) mass is 302 g/mol. The maximum absolute atomic E-state index is 13.3. The zero-order valence-corrected chi connectivity index (χ0v) is 10.8. The summed E-state index contributed by atoms with van der Waals surface area (Å²) in [6, 6.07) is 4.77. The lowest BCUT2D eigenvalue weighted by Crippen LogP contribution is -2.15. The summed E-state index contributed by atoms with van der Waals surface area (Å²) < 4.78 is 39.1. The van der Waals surface area contributed by atoms with Crippen LogP contribution in [0, 0.1) is 5.82 Å². The number of aromatic nitrogens is 1. The zero-order chi connectivity index (χ0) is 14.0. The van der Waals surface area contributed by atoms with E-state index in [4.69, 9.17) is 5.11 Å². The highest BCUT2D eigenvalue weighted by atomic mass is 32.2. The Morgan fingerprint density at radius 1 is 1.37 bits per heavy atom. The Morgan fingerprint density at radius 2 is 2.11 bits per heavy atom. The molecule has 2 aromatic heterocycles. The fraction of sp³-hybridized carbons (Fsp3) is 0. The van der Waals surface area contributed by atoms with E-state index < -0.39 is 26.8 Å². The summed E-state index contributed by atoms with van der Waals surface area (Å²) in [5.74, 6) is -2.15. The molecule has 0 unspecified atom stereocenters. The van der Waals surface area contributed by atoms with E-state index in [1.807, 2.05) is 0 Å². The first-order chi connectivity index (χ1) is 8.90. The molecule has 2 aromatic rings. The van der Waals surface area contributed by atoms with Gasteiger partial charge in [-0.05, 0) is 24.3 Å². The van der Waals surface area contributed by atoms with Gasteiger partial charge in [0.2, 0.25) is 5.03 Å². The lowest BCUT2D eigenvalue weighted by molar-refractivity contribution is 0.0702.